The Morgan fingerprint density at radius 3 is 1.41 bits per heavy atom. The van der Waals surface area contributed by atoms with Gasteiger partial charge < -0.3 is 4.57 Å². The Bertz CT molecular complexity index is 2220. The fraction of sp³-hybridized carbons (Fsp3) is 0. The van der Waals surface area contributed by atoms with Crippen LogP contribution in [0.1, 0.15) is 5.56 Å². The van der Waals surface area contributed by atoms with E-state index in [9.17, 15) is 5.26 Å². The first-order chi connectivity index (χ1) is 22.8. The second-order valence-electron chi connectivity index (χ2n) is 11.6. The fourth-order valence-corrected chi connectivity index (χ4v) is 12.1. The Morgan fingerprint density at radius 2 is 0.891 bits per heavy atom. The number of rotatable bonds is 6. The summed E-state index contributed by atoms with van der Waals surface area (Å²) in [4.78, 5) is 0. The molecule has 3 heteroatoms. The van der Waals surface area contributed by atoms with Crippen LogP contribution in [0.4, 0.5) is 0 Å². The van der Waals surface area contributed by atoms with Crippen LogP contribution in [0.5, 0.6) is 0 Å². The summed E-state index contributed by atoms with van der Waals surface area (Å²) in [5.41, 5.74) is 5.88. The lowest BCUT2D eigenvalue weighted by Crippen LogP contribution is -2.74. The van der Waals surface area contributed by atoms with Crippen LogP contribution in [0, 0.1) is 11.3 Å². The maximum absolute atomic E-state index is 10.5. The molecular weight excluding hydrogens is 573 g/mol. The maximum atomic E-state index is 10.5. The molecule has 0 amide bonds. The molecule has 0 saturated carbocycles. The zero-order valence-corrected chi connectivity index (χ0v) is 26.2. The molecule has 1 aromatic heterocycles. The van der Waals surface area contributed by atoms with Gasteiger partial charge in [0.2, 0.25) is 0 Å². The van der Waals surface area contributed by atoms with Crippen molar-refractivity contribution in [3.63, 3.8) is 0 Å². The third-order valence-corrected chi connectivity index (χ3v) is 14.0. The summed E-state index contributed by atoms with van der Waals surface area (Å²) in [5, 5.41) is 18.2. The van der Waals surface area contributed by atoms with Crippen molar-refractivity contribution >= 4 is 50.6 Å². The van der Waals surface area contributed by atoms with Gasteiger partial charge in [-0.15, -0.1) is 0 Å². The van der Waals surface area contributed by atoms with Crippen LogP contribution in [0.2, 0.25) is 0 Å². The van der Waals surface area contributed by atoms with E-state index in [1.54, 1.807) is 0 Å². The van der Waals surface area contributed by atoms with Crippen LogP contribution in [-0.2, 0) is 0 Å². The number of benzene rings is 7. The highest BCUT2D eigenvalue weighted by molar-refractivity contribution is 7.19. The zero-order valence-electron chi connectivity index (χ0n) is 25.2. The number of para-hydroxylation sites is 2. The zero-order chi connectivity index (χ0) is 30.9. The van der Waals surface area contributed by atoms with Crippen molar-refractivity contribution in [2.45, 2.75) is 0 Å². The van der Waals surface area contributed by atoms with Gasteiger partial charge in [0, 0.05) is 16.3 Å². The van der Waals surface area contributed by atoms with Crippen molar-refractivity contribution in [2.75, 3.05) is 0 Å². The molecule has 0 bridgehead atoms. The molecule has 0 unspecified atom stereocenters. The predicted molar refractivity (Wildman–Crippen MR) is 195 cm³/mol. The van der Waals surface area contributed by atoms with E-state index in [1.165, 1.54) is 31.5 Å². The molecule has 2 nitrogen and oxygen atoms in total. The number of hydrogen-bond acceptors (Lipinski definition) is 1. The number of nitrogens with zero attached hydrogens (tertiary/aromatic N) is 2. The number of aromatic nitrogens is 1. The third kappa shape index (κ3) is 4.31. The first-order valence-electron chi connectivity index (χ1n) is 15.6. The van der Waals surface area contributed by atoms with Gasteiger partial charge in [-0.25, -0.2) is 0 Å². The third-order valence-electron chi connectivity index (χ3n) is 9.19. The van der Waals surface area contributed by atoms with Crippen LogP contribution in [0.3, 0.4) is 0 Å². The molecule has 8 aromatic rings. The minimum Gasteiger partial charge on any atom is -0.309 e. The van der Waals surface area contributed by atoms with Gasteiger partial charge in [0.25, 0.3) is 0 Å². The van der Waals surface area contributed by atoms with Crippen molar-refractivity contribution in [2.24, 2.45) is 0 Å². The van der Waals surface area contributed by atoms with E-state index >= 15 is 0 Å². The summed E-state index contributed by atoms with van der Waals surface area (Å²) >= 11 is 0. The normalized spacial score (nSPS) is 11.5. The van der Waals surface area contributed by atoms with Gasteiger partial charge in [-0.05, 0) is 50.6 Å². The summed E-state index contributed by atoms with van der Waals surface area (Å²) in [6, 6.07) is 67.6. The lowest BCUT2D eigenvalue weighted by Gasteiger charge is -2.34. The molecule has 0 fully saturated rings. The van der Waals surface area contributed by atoms with Gasteiger partial charge in [-0.1, -0.05) is 158 Å². The molecule has 8 rings (SSSR count). The average Bonchev–Trinajstić information content (AvgIpc) is 3.47. The predicted octanol–water partition coefficient (Wildman–Crippen LogP) is 7.70. The van der Waals surface area contributed by atoms with Crippen LogP contribution in [0.15, 0.2) is 182 Å². The van der Waals surface area contributed by atoms with E-state index in [0.717, 1.165) is 27.8 Å². The Labute approximate surface area is 270 Å². The van der Waals surface area contributed by atoms with Crippen molar-refractivity contribution in [3.05, 3.63) is 188 Å². The van der Waals surface area contributed by atoms with Crippen LogP contribution >= 0.6 is 0 Å². The van der Waals surface area contributed by atoms with Crippen LogP contribution in [-0.4, -0.2) is 12.6 Å². The smallest absolute Gasteiger partial charge is 0.179 e. The van der Waals surface area contributed by atoms with E-state index in [2.05, 4.69) is 180 Å². The van der Waals surface area contributed by atoms with Crippen LogP contribution in [0.25, 0.3) is 38.6 Å². The topological polar surface area (TPSA) is 28.7 Å². The minimum absolute atomic E-state index is 0.655. The van der Waals surface area contributed by atoms with Gasteiger partial charge in [-0.3, -0.25) is 0 Å². The fourth-order valence-electron chi connectivity index (χ4n) is 7.28. The molecule has 0 aliphatic rings. The quantitative estimate of drug-likeness (QED) is 0.142. The van der Waals surface area contributed by atoms with Gasteiger partial charge >= 0.3 is 0 Å². The molecule has 0 spiro atoms. The summed E-state index contributed by atoms with van der Waals surface area (Å²) < 4.78 is 2.32. The first kappa shape index (κ1) is 27.6. The van der Waals surface area contributed by atoms with Gasteiger partial charge in [0.15, 0.2) is 8.07 Å². The monoisotopic (exact) mass is 602 g/mol. The lowest BCUT2D eigenvalue weighted by molar-refractivity contribution is 1.18. The Balaban J connectivity index is 1.45. The van der Waals surface area contributed by atoms with Crippen molar-refractivity contribution in [3.8, 4) is 22.9 Å². The molecule has 216 valence electrons. The molecule has 46 heavy (non-hydrogen) atoms. The van der Waals surface area contributed by atoms with Gasteiger partial charge in [0.1, 0.15) is 0 Å². The van der Waals surface area contributed by atoms with Gasteiger partial charge in [0.05, 0.1) is 28.4 Å². The summed E-state index contributed by atoms with van der Waals surface area (Å²) in [6.07, 6.45) is 0. The first-order valence-corrected chi connectivity index (χ1v) is 17.6. The largest absolute Gasteiger partial charge is 0.309 e. The van der Waals surface area contributed by atoms with Crippen molar-refractivity contribution < 1.29 is 0 Å². The molecule has 0 aliphatic carbocycles. The van der Waals surface area contributed by atoms with Crippen molar-refractivity contribution in [1.29, 1.82) is 5.26 Å². The van der Waals surface area contributed by atoms with E-state index < -0.39 is 8.07 Å². The van der Waals surface area contributed by atoms with Crippen molar-refractivity contribution in [1.82, 2.24) is 4.57 Å². The molecule has 7 aromatic carbocycles. The van der Waals surface area contributed by atoms with Gasteiger partial charge in [-0.2, -0.15) is 5.26 Å². The number of nitriles is 1. The Hall–Kier alpha value is -5.95. The Morgan fingerprint density at radius 1 is 0.435 bits per heavy atom. The average molecular weight is 603 g/mol. The molecular formula is C43H30N2Si. The Kier molecular flexibility index (Phi) is 6.91. The lowest BCUT2D eigenvalue weighted by atomic mass is 9.98. The van der Waals surface area contributed by atoms with Crippen LogP contribution < -0.4 is 20.7 Å². The number of hydrogen-bond donors (Lipinski definition) is 0. The van der Waals surface area contributed by atoms with E-state index in [0.29, 0.717) is 5.56 Å². The summed E-state index contributed by atoms with van der Waals surface area (Å²) in [7, 11) is -2.75. The van der Waals surface area contributed by atoms with E-state index in [4.69, 9.17) is 0 Å². The summed E-state index contributed by atoms with van der Waals surface area (Å²) in [6.45, 7) is 0. The standard InChI is InChI=1S/C43H30N2Si/c44-31-33-17-15-29-42(45-40-27-12-10-25-38(40)39-26-11-13-28-41(39)45)43(33)32-16-14-24-37(30-32)46(34-18-4-1-5-19-34,35-20-6-2-7-21-35)36-22-8-3-9-23-36/h1-30H. The molecule has 0 radical (unpaired) electrons. The minimum atomic E-state index is -2.75. The van der Waals surface area contributed by atoms with E-state index in [1.807, 2.05) is 12.1 Å². The second kappa shape index (κ2) is 11.5. The van der Waals surface area contributed by atoms with E-state index in [-0.39, 0.29) is 0 Å². The molecule has 0 atom stereocenters. The maximum Gasteiger partial charge on any atom is 0.179 e. The molecule has 0 N–H and O–H groups in total. The number of fused-ring (bicyclic) bond motifs is 3. The SMILES string of the molecule is N#Cc1cccc(-n2c3ccccc3c3ccccc32)c1-c1cccc([Si](c2ccccc2)(c2ccccc2)c2ccccc2)c1. The highest BCUT2D eigenvalue weighted by Gasteiger charge is 2.41. The molecule has 0 saturated heterocycles. The molecule has 1 heterocycles. The highest BCUT2D eigenvalue weighted by atomic mass is 28.3. The highest BCUT2D eigenvalue weighted by Crippen LogP contribution is 2.37. The molecule has 0 aliphatic heterocycles. The summed E-state index contributed by atoms with van der Waals surface area (Å²) in [5.74, 6) is 0. The second-order valence-corrected chi connectivity index (χ2v) is 15.4.